The largest absolute Gasteiger partial charge is 0.505 e. The van der Waals surface area contributed by atoms with Crippen molar-refractivity contribution in [1.82, 2.24) is 4.98 Å². The number of hydrogen-bond donors (Lipinski definition) is 1. The first kappa shape index (κ1) is 22.6. The molecule has 0 aliphatic heterocycles. The molecule has 0 fully saturated rings. The molecule has 0 unspecified atom stereocenters. The van der Waals surface area contributed by atoms with E-state index in [0.717, 1.165) is 0 Å². The Morgan fingerprint density at radius 2 is 1.17 bits per heavy atom. The highest BCUT2D eigenvalue weighted by Gasteiger charge is 2.35. The summed E-state index contributed by atoms with van der Waals surface area (Å²) >= 11 is 36.1. The number of benzene rings is 2. The summed E-state index contributed by atoms with van der Waals surface area (Å²) in [7, 11) is 0. The number of halogens is 9. The lowest BCUT2D eigenvalue weighted by molar-refractivity contribution is -0.141. The summed E-state index contributed by atoms with van der Waals surface area (Å²) in [5.74, 6) is -0.640. The van der Waals surface area contributed by atoms with Gasteiger partial charge >= 0.3 is 6.18 Å². The number of pyridine rings is 1. The van der Waals surface area contributed by atoms with Crippen LogP contribution in [0.1, 0.15) is 5.69 Å². The van der Waals surface area contributed by atoms with E-state index >= 15 is 0 Å². The molecule has 0 atom stereocenters. The molecule has 0 spiro atoms. The van der Waals surface area contributed by atoms with Crippen LogP contribution in [-0.2, 0) is 6.18 Å². The zero-order chi connectivity index (χ0) is 21.7. The Kier molecular flexibility index (Phi) is 6.40. The highest BCUT2D eigenvalue weighted by Crippen LogP contribution is 2.47. The van der Waals surface area contributed by atoms with Crippen molar-refractivity contribution in [3.05, 3.63) is 66.2 Å². The zero-order valence-electron chi connectivity index (χ0n) is 13.7. The first-order valence-corrected chi connectivity index (χ1v) is 9.78. The number of aromatic hydroxyl groups is 1. The third-order valence-corrected chi connectivity index (χ3v) is 5.85. The molecule has 3 aromatic rings. The van der Waals surface area contributed by atoms with E-state index in [4.69, 9.17) is 69.6 Å². The van der Waals surface area contributed by atoms with Crippen LogP contribution in [-0.4, -0.2) is 10.1 Å². The Morgan fingerprint density at radius 1 is 0.690 bits per heavy atom. The minimum absolute atomic E-state index is 0.00989. The number of hydrogen-bond acceptors (Lipinski definition) is 2. The summed E-state index contributed by atoms with van der Waals surface area (Å²) in [5, 5.41) is 10.7. The Morgan fingerprint density at radius 3 is 1.69 bits per heavy atom. The second kappa shape index (κ2) is 8.22. The van der Waals surface area contributed by atoms with Gasteiger partial charge in [0, 0.05) is 26.7 Å². The van der Waals surface area contributed by atoms with Gasteiger partial charge in [0.1, 0.15) is 17.1 Å². The smallest absolute Gasteiger partial charge is 0.433 e. The van der Waals surface area contributed by atoms with Crippen LogP contribution in [0.25, 0.3) is 22.4 Å². The van der Waals surface area contributed by atoms with Gasteiger partial charge in [-0.1, -0.05) is 69.6 Å². The third-order valence-electron chi connectivity index (χ3n) is 3.81. The van der Waals surface area contributed by atoms with E-state index in [9.17, 15) is 18.3 Å². The fourth-order valence-electron chi connectivity index (χ4n) is 2.56. The average Bonchev–Trinajstić information content (AvgIpc) is 2.60. The minimum atomic E-state index is -4.85. The second-order valence-electron chi connectivity index (χ2n) is 5.75. The van der Waals surface area contributed by atoms with Crippen molar-refractivity contribution < 1.29 is 18.3 Å². The lowest BCUT2D eigenvalue weighted by Gasteiger charge is -2.17. The Labute approximate surface area is 192 Å². The van der Waals surface area contributed by atoms with Gasteiger partial charge in [0.2, 0.25) is 0 Å². The quantitative estimate of drug-likeness (QED) is 0.341. The van der Waals surface area contributed by atoms with Crippen LogP contribution in [0.5, 0.6) is 5.75 Å². The van der Waals surface area contributed by atoms with Crippen LogP contribution < -0.4 is 0 Å². The monoisotopic (exact) mass is 519 g/mol. The van der Waals surface area contributed by atoms with Gasteiger partial charge in [0.15, 0.2) is 0 Å². The number of alkyl halides is 3. The van der Waals surface area contributed by atoms with Gasteiger partial charge in [-0.3, -0.25) is 0 Å². The first-order chi connectivity index (χ1) is 13.4. The van der Waals surface area contributed by atoms with Crippen LogP contribution in [0.15, 0.2) is 30.3 Å². The molecule has 1 aromatic heterocycles. The van der Waals surface area contributed by atoms with E-state index in [-0.39, 0.29) is 46.8 Å². The summed E-state index contributed by atoms with van der Waals surface area (Å²) < 4.78 is 40.5. The molecular formula is C18H6Cl6F3NO. The van der Waals surface area contributed by atoms with Gasteiger partial charge in [-0.15, -0.1) is 0 Å². The van der Waals surface area contributed by atoms with Crippen LogP contribution in [0.2, 0.25) is 30.1 Å². The number of aromatic nitrogens is 1. The van der Waals surface area contributed by atoms with Gasteiger partial charge in [-0.2, -0.15) is 13.2 Å². The molecule has 0 bridgehead atoms. The maximum Gasteiger partial charge on any atom is 0.433 e. The minimum Gasteiger partial charge on any atom is -0.505 e. The molecule has 0 amide bonds. The van der Waals surface area contributed by atoms with E-state index in [1.54, 1.807) is 0 Å². The molecule has 0 aliphatic rings. The summed E-state index contributed by atoms with van der Waals surface area (Å²) in [5.41, 5.74) is -2.22. The Hall–Kier alpha value is -1.08. The third kappa shape index (κ3) is 4.50. The molecule has 29 heavy (non-hydrogen) atoms. The predicted octanol–water partition coefficient (Wildman–Crippen LogP) is 9.06. The summed E-state index contributed by atoms with van der Waals surface area (Å²) in [6, 6.07) is 5.74. The topological polar surface area (TPSA) is 33.1 Å². The van der Waals surface area contributed by atoms with Crippen LogP contribution in [0.4, 0.5) is 13.2 Å². The van der Waals surface area contributed by atoms with Crippen molar-refractivity contribution in [3.8, 4) is 28.1 Å². The molecule has 0 radical (unpaired) electrons. The van der Waals surface area contributed by atoms with Gasteiger partial charge in [0.05, 0.1) is 20.1 Å². The van der Waals surface area contributed by atoms with E-state index in [1.807, 2.05) is 0 Å². The maximum absolute atomic E-state index is 13.5. The standard InChI is InChI=1S/C18H6Cl6F3NO/c19-6-1-8(14(23)11(21)3-6)9-5-13(18(25,26)27)28-16(17(9)29)10-2-7(20)4-12(22)15(10)24/h1-5,29H. The van der Waals surface area contributed by atoms with E-state index in [0.29, 0.717) is 6.07 Å². The first-order valence-electron chi connectivity index (χ1n) is 7.51. The molecule has 1 N–H and O–H groups in total. The van der Waals surface area contributed by atoms with Gasteiger partial charge in [-0.05, 0) is 30.3 Å². The molecule has 0 saturated heterocycles. The number of nitrogens with zero attached hydrogens (tertiary/aromatic N) is 1. The Balaban J connectivity index is 2.43. The van der Waals surface area contributed by atoms with Crippen molar-refractivity contribution in [2.75, 3.05) is 0 Å². The van der Waals surface area contributed by atoms with Crippen molar-refractivity contribution >= 4 is 69.6 Å². The fraction of sp³-hybridized carbons (Fsp3) is 0.0556. The summed E-state index contributed by atoms with van der Waals surface area (Å²) in [6.07, 6.45) is -4.85. The molecule has 1 heterocycles. The van der Waals surface area contributed by atoms with Crippen molar-refractivity contribution in [2.24, 2.45) is 0 Å². The summed E-state index contributed by atoms with van der Waals surface area (Å²) in [6.45, 7) is 0. The molecule has 0 saturated carbocycles. The second-order valence-corrected chi connectivity index (χ2v) is 8.19. The fourth-order valence-corrected chi connectivity index (χ4v) is 3.95. The van der Waals surface area contributed by atoms with Crippen LogP contribution in [0.3, 0.4) is 0 Å². The normalized spacial score (nSPS) is 11.8. The molecule has 2 nitrogen and oxygen atoms in total. The van der Waals surface area contributed by atoms with Crippen molar-refractivity contribution in [1.29, 1.82) is 0 Å². The SMILES string of the molecule is Oc1c(-c2cc(Cl)cc(Cl)c2Cl)cc(C(F)(F)F)nc1-c1cc(Cl)cc(Cl)c1Cl. The van der Waals surface area contributed by atoms with Crippen LogP contribution in [0, 0.1) is 0 Å². The van der Waals surface area contributed by atoms with Crippen molar-refractivity contribution in [3.63, 3.8) is 0 Å². The highest BCUT2D eigenvalue weighted by molar-refractivity contribution is 6.46. The van der Waals surface area contributed by atoms with E-state index < -0.39 is 23.3 Å². The molecular weight excluding hydrogens is 516 g/mol. The molecule has 11 heteroatoms. The zero-order valence-corrected chi connectivity index (χ0v) is 18.2. The molecule has 0 aliphatic carbocycles. The maximum atomic E-state index is 13.5. The van der Waals surface area contributed by atoms with Gasteiger partial charge < -0.3 is 5.11 Å². The summed E-state index contributed by atoms with van der Waals surface area (Å²) in [4.78, 5) is 3.53. The lowest BCUT2D eigenvalue weighted by Crippen LogP contribution is -2.09. The average molecular weight is 522 g/mol. The van der Waals surface area contributed by atoms with Gasteiger partial charge in [-0.25, -0.2) is 4.98 Å². The highest BCUT2D eigenvalue weighted by atomic mass is 35.5. The predicted molar refractivity (Wildman–Crippen MR) is 112 cm³/mol. The molecule has 2 aromatic carbocycles. The van der Waals surface area contributed by atoms with Crippen molar-refractivity contribution in [2.45, 2.75) is 6.18 Å². The van der Waals surface area contributed by atoms with Crippen LogP contribution >= 0.6 is 69.6 Å². The lowest BCUT2D eigenvalue weighted by atomic mass is 10.00. The Bertz CT molecular complexity index is 1060. The molecule has 3 rings (SSSR count). The van der Waals surface area contributed by atoms with E-state index in [1.165, 1.54) is 24.3 Å². The van der Waals surface area contributed by atoms with Gasteiger partial charge in [0.25, 0.3) is 0 Å². The molecule has 152 valence electrons. The van der Waals surface area contributed by atoms with E-state index in [2.05, 4.69) is 4.98 Å². The number of rotatable bonds is 2.